The minimum Gasteiger partial charge on any atom is -0.381 e. The van der Waals surface area contributed by atoms with E-state index in [0.717, 1.165) is 24.3 Å². The van der Waals surface area contributed by atoms with Crippen LogP contribution in [0, 0.1) is 0 Å². The number of benzene rings is 2. The molecule has 6 nitrogen and oxygen atoms in total. The van der Waals surface area contributed by atoms with E-state index in [1.165, 1.54) is 0 Å². The van der Waals surface area contributed by atoms with Gasteiger partial charge in [-0.25, -0.2) is 0 Å². The van der Waals surface area contributed by atoms with Crippen molar-refractivity contribution < 1.29 is 14.3 Å². The summed E-state index contributed by atoms with van der Waals surface area (Å²) in [6, 6.07) is 17.6. The monoisotopic (exact) mass is 441 g/mol. The van der Waals surface area contributed by atoms with E-state index in [4.69, 9.17) is 16.3 Å². The normalized spacial score (nSPS) is 18.5. The van der Waals surface area contributed by atoms with E-state index in [1.807, 2.05) is 59.5 Å². The van der Waals surface area contributed by atoms with Gasteiger partial charge >= 0.3 is 0 Å². The highest BCUT2D eigenvalue weighted by Crippen LogP contribution is 2.35. The molecule has 0 radical (unpaired) electrons. The summed E-state index contributed by atoms with van der Waals surface area (Å²) in [6.07, 6.45) is 1.24. The van der Waals surface area contributed by atoms with E-state index in [-0.39, 0.29) is 18.4 Å². The van der Waals surface area contributed by atoms with Crippen molar-refractivity contribution >= 4 is 29.1 Å². The Bertz CT molecular complexity index is 890. The third kappa shape index (κ3) is 4.86. The van der Waals surface area contributed by atoms with Crippen molar-refractivity contribution in [1.29, 1.82) is 0 Å². The average Bonchev–Trinajstić information content (AvgIpc) is 2.84. The van der Waals surface area contributed by atoms with E-state index in [9.17, 15) is 9.59 Å². The maximum absolute atomic E-state index is 13.2. The van der Waals surface area contributed by atoms with Crippen LogP contribution in [0.3, 0.4) is 0 Å². The number of carbonyl (C=O) groups excluding carboxylic acids is 2. The highest BCUT2D eigenvalue weighted by molar-refractivity contribution is 6.30. The van der Waals surface area contributed by atoms with Crippen molar-refractivity contribution in [3.63, 3.8) is 0 Å². The van der Waals surface area contributed by atoms with Crippen molar-refractivity contribution in [2.45, 2.75) is 18.3 Å². The van der Waals surface area contributed by atoms with Crippen molar-refractivity contribution in [1.82, 2.24) is 10.2 Å². The number of nitrogens with zero attached hydrogens (tertiary/aromatic N) is 2. The molecule has 0 unspecified atom stereocenters. The minimum absolute atomic E-state index is 0.0230. The van der Waals surface area contributed by atoms with Crippen LogP contribution in [0.5, 0.6) is 0 Å². The summed E-state index contributed by atoms with van der Waals surface area (Å²) in [4.78, 5) is 30.0. The van der Waals surface area contributed by atoms with Crippen LogP contribution < -0.4 is 10.2 Å². The Morgan fingerprint density at radius 2 is 1.58 bits per heavy atom. The Balaban J connectivity index is 1.33. The number of carbonyl (C=O) groups is 2. The molecule has 0 aromatic heterocycles. The van der Waals surface area contributed by atoms with Crippen molar-refractivity contribution in [2.75, 3.05) is 50.8 Å². The molecule has 1 N–H and O–H groups in total. The molecule has 0 bridgehead atoms. The third-order valence-electron chi connectivity index (χ3n) is 6.33. The zero-order chi connectivity index (χ0) is 21.7. The van der Waals surface area contributed by atoms with Gasteiger partial charge < -0.3 is 19.9 Å². The summed E-state index contributed by atoms with van der Waals surface area (Å²) in [7, 11) is 0. The lowest BCUT2D eigenvalue weighted by Gasteiger charge is -2.37. The van der Waals surface area contributed by atoms with E-state index in [1.54, 1.807) is 0 Å². The van der Waals surface area contributed by atoms with E-state index < -0.39 is 5.41 Å². The van der Waals surface area contributed by atoms with Gasteiger partial charge in [0, 0.05) is 50.1 Å². The van der Waals surface area contributed by atoms with Gasteiger partial charge in [0.1, 0.15) is 0 Å². The Hall–Kier alpha value is -2.57. The number of hydrogen-bond donors (Lipinski definition) is 1. The number of hydrogen-bond acceptors (Lipinski definition) is 4. The Labute approximate surface area is 188 Å². The molecule has 2 fully saturated rings. The Morgan fingerprint density at radius 3 is 2.23 bits per heavy atom. The third-order valence-corrected chi connectivity index (χ3v) is 6.58. The molecule has 31 heavy (non-hydrogen) atoms. The molecule has 0 saturated carbocycles. The summed E-state index contributed by atoms with van der Waals surface area (Å²) in [5, 5.41) is 3.64. The highest BCUT2D eigenvalue weighted by Gasteiger charge is 2.41. The number of halogens is 1. The highest BCUT2D eigenvalue weighted by atomic mass is 35.5. The van der Waals surface area contributed by atoms with Gasteiger partial charge in [-0.05, 0) is 42.7 Å². The van der Waals surface area contributed by atoms with Gasteiger partial charge in [0.2, 0.25) is 11.8 Å². The van der Waals surface area contributed by atoms with Crippen LogP contribution in [-0.4, -0.2) is 62.7 Å². The number of piperazine rings is 1. The fourth-order valence-electron chi connectivity index (χ4n) is 4.43. The van der Waals surface area contributed by atoms with E-state index in [0.29, 0.717) is 44.2 Å². The summed E-state index contributed by atoms with van der Waals surface area (Å²) >= 11 is 5.97. The molecular formula is C24H28ClN3O3. The van der Waals surface area contributed by atoms with E-state index >= 15 is 0 Å². The molecule has 0 spiro atoms. The lowest BCUT2D eigenvalue weighted by atomic mass is 9.73. The standard InChI is InChI=1S/C24H28ClN3O3/c25-20-6-8-21(9-7-20)27-12-14-28(15-13-27)22(29)18-26-23(30)24(10-16-31-17-11-24)19-4-2-1-3-5-19/h1-9H,10-18H2,(H,26,30). The molecule has 7 heteroatoms. The summed E-state index contributed by atoms with van der Waals surface area (Å²) in [6.45, 7) is 3.89. The molecule has 2 saturated heterocycles. The Kier molecular flexibility index (Phi) is 6.78. The number of amides is 2. The molecule has 2 amide bonds. The largest absolute Gasteiger partial charge is 0.381 e. The molecule has 2 heterocycles. The minimum atomic E-state index is -0.632. The molecule has 164 valence electrons. The van der Waals surface area contributed by atoms with Gasteiger partial charge in [-0.15, -0.1) is 0 Å². The second-order valence-electron chi connectivity index (χ2n) is 8.09. The number of nitrogens with one attached hydrogen (secondary N) is 1. The van der Waals surface area contributed by atoms with Gasteiger partial charge in [0.15, 0.2) is 0 Å². The van der Waals surface area contributed by atoms with Crippen LogP contribution in [0.25, 0.3) is 0 Å². The second kappa shape index (κ2) is 9.71. The van der Waals surface area contributed by atoms with Crippen molar-refractivity contribution in [3.8, 4) is 0 Å². The fraction of sp³-hybridized carbons (Fsp3) is 0.417. The van der Waals surface area contributed by atoms with E-state index in [2.05, 4.69) is 10.2 Å². The first-order chi connectivity index (χ1) is 15.1. The van der Waals surface area contributed by atoms with Crippen LogP contribution in [-0.2, 0) is 19.7 Å². The van der Waals surface area contributed by atoms with Gasteiger partial charge in [-0.1, -0.05) is 41.9 Å². The first-order valence-electron chi connectivity index (χ1n) is 10.8. The Morgan fingerprint density at radius 1 is 0.935 bits per heavy atom. The SMILES string of the molecule is O=C(CNC(=O)C1(c2ccccc2)CCOCC1)N1CCN(c2ccc(Cl)cc2)CC1. The first-order valence-corrected chi connectivity index (χ1v) is 11.2. The van der Waals surface area contributed by atoms with Crippen LogP contribution in [0.2, 0.25) is 5.02 Å². The smallest absolute Gasteiger partial charge is 0.242 e. The zero-order valence-electron chi connectivity index (χ0n) is 17.6. The maximum Gasteiger partial charge on any atom is 0.242 e. The summed E-state index contributed by atoms with van der Waals surface area (Å²) in [5.41, 5.74) is 1.46. The summed E-state index contributed by atoms with van der Waals surface area (Å²) in [5.74, 6) is -0.130. The first kappa shape index (κ1) is 21.7. The van der Waals surface area contributed by atoms with Gasteiger partial charge in [0.05, 0.1) is 12.0 Å². The quantitative estimate of drug-likeness (QED) is 0.775. The van der Waals surface area contributed by atoms with Gasteiger partial charge in [-0.3, -0.25) is 9.59 Å². The lowest BCUT2D eigenvalue weighted by Crippen LogP contribution is -2.53. The topological polar surface area (TPSA) is 61.9 Å². The number of anilines is 1. The molecule has 2 aliphatic rings. The fourth-order valence-corrected chi connectivity index (χ4v) is 4.55. The van der Waals surface area contributed by atoms with Crippen LogP contribution in [0.4, 0.5) is 5.69 Å². The zero-order valence-corrected chi connectivity index (χ0v) is 18.3. The molecular weight excluding hydrogens is 414 g/mol. The molecule has 2 aliphatic heterocycles. The predicted molar refractivity (Wildman–Crippen MR) is 121 cm³/mol. The molecule has 0 aliphatic carbocycles. The lowest BCUT2D eigenvalue weighted by molar-refractivity contribution is -0.136. The molecule has 2 aromatic carbocycles. The molecule has 2 aromatic rings. The maximum atomic E-state index is 13.2. The van der Waals surface area contributed by atoms with Gasteiger partial charge in [-0.2, -0.15) is 0 Å². The molecule has 0 atom stereocenters. The number of ether oxygens (including phenoxy) is 1. The van der Waals surface area contributed by atoms with Crippen LogP contribution in [0.1, 0.15) is 18.4 Å². The molecule has 4 rings (SSSR count). The average molecular weight is 442 g/mol. The second-order valence-corrected chi connectivity index (χ2v) is 8.52. The number of rotatable bonds is 5. The van der Waals surface area contributed by atoms with Gasteiger partial charge in [0.25, 0.3) is 0 Å². The van der Waals surface area contributed by atoms with Crippen molar-refractivity contribution in [3.05, 3.63) is 65.2 Å². The summed E-state index contributed by atoms with van der Waals surface area (Å²) < 4.78 is 5.50. The predicted octanol–water partition coefficient (Wildman–Crippen LogP) is 2.85. The van der Waals surface area contributed by atoms with Crippen LogP contribution >= 0.6 is 11.6 Å². The van der Waals surface area contributed by atoms with Crippen LogP contribution in [0.15, 0.2) is 54.6 Å². The van der Waals surface area contributed by atoms with Crippen molar-refractivity contribution in [2.24, 2.45) is 0 Å².